The first-order valence-electron chi connectivity index (χ1n) is 9.22. The number of hydrogen-bond acceptors (Lipinski definition) is 4. The molecule has 2 aromatic carbocycles. The maximum Gasteiger partial charge on any atom is 0.259 e. The predicted octanol–water partition coefficient (Wildman–Crippen LogP) is 2.49. The highest BCUT2D eigenvalue weighted by Crippen LogP contribution is 2.19. The molecule has 0 heterocycles. The summed E-state index contributed by atoms with van der Waals surface area (Å²) in [5, 5.41) is 2.99. The molecule has 0 fully saturated rings. The van der Waals surface area contributed by atoms with Crippen LogP contribution in [0.1, 0.15) is 27.5 Å². The summed E-state index contributed by atoms with van der Waals surface area (Å²) in [6.07, 6.45) is 0. The van der Waals surface area contributed by atoms with Crippen LogP contribution in [0.4, 0.5) is 0 Å². The highest BCUT2D eigenvalue weighted by atomic mass is 16.5. The number of aryl methyl sites for hydroxylation is 1. The Morgan fingerprint density at radius 2 is 1.71 bits per heavy atom. The molecule has 1 atom stereocenters. The Kier molecular flexibility index (Phi) is 7.58. The molecule has 0 aliphatic rings. The highest BCUT2D eigenvalue weighted by Gasteiger charge is 2.16. The zero-order chi connectivity index (χ0) is 20.7. The van der Waals surface area contributed by atoms with Crippen LogP contribution in [0.2, 0.25) is 0 Å². The van der Waals surface area contributed by atoms with Gasteiger partial charge in [-0.3, -0.25) is 9.59 Å². The molecule has 6 nitrogen and oxygen atoms in total. The van der Waals surface area contributed by atoms with E-state index in [1.54, 1.807) is 38.4 Å². The Balaban J connectivity index is 2.00. The summed E-state index contributed by atoms with van der Waals surface area (Å²) < 4.78 is 5.48. The standard InChI is InChI=1S/C22H29N3O3/c1-16-9-11-17(12-10-16)20(24(2)3)14-23-22(27)18-7-6-8-19(13-18)28-15-21(26)25(4)5/h6-13,20H,14-15H2,1-5H3,(H,23,27). The molecule has 6 heteroatoms. The lowest BCUT2D eigenvalue weighted by molar-refractivity contribution is -0.130. The van der Waals surface area contributed by atoms with E-state index in [0.717, 1.165) is 5.56 Å². The first-order valence-corrected chi connectivity index (χ1v) is 9.22. The summed E-state index contributed by atoms with van der Waals surface area (Å²) >= 11 is 0. The van der Waals surface area contributed by atoms with Gasteiger partial charge in [0.25, 0.3) is 11.8 Å². The lowest BCUT2D eigenvalue weighted by Gasteiger charge is -2.25. The van der Waals surface area contributed by atoms with Gasteiger partial charge in [0.2, 0.25) is 0 Å². The summed E-state index contributed by atoms with van der Waals surface area (Å²) in [6.45, 7) is 2.48. The molecule has 0 saturated heterocycles. The maximum absolute atomic E-state index is 12.6. The van der Waals surface area contributed by atoms with E-state index in [9.17, 15) is 9.59 Å². The number of rotatable bonds is 8. The summed E-state index contributed by atoms with van der Waals surface area (Å²) in [5.74, 6) is 0.177. The molecule has 1 unspecified atom stereocenters. The van der Waals surface area contributed by atoms with Crippen molar-refractivity contribution in [1.82, 2.24) is 15.1 Å². The van der Waals surface area contributed by atoms with Crippen LogP contribution in [-0.2, 0) is 4.79 Å². The summed E-state index contributed by atoms with van der Waals surface area (Å²) in [7, 11) is 7.33. The molecular formula is C22H29N3O3. The van der Waals surface area contributed by atoms with Gasteiger partial charge in [-0.1, -0.05) is 35.9 Å². The van der Waals surface area contributed by atoms with Crippen molar-refractivity contribution >= 4 is 11.8 Å². The number of nitrogens with one attached hydrogen (secondary N) is 1. The quantitative estimate of drug-likeness (QED) is 0.761. The van der Waals surface area contributed by atoms with E-state index in [0.29, 0.717) is 17.9 Å². The summed E-state index contributed by atoms with van der Waals surface area (Å²) in [4.78, 5) is 27.8. The molecule has 1 N–H and O–H groups in total. The fourth-order valence-electron chi connectivity index (χ4n) is 2.68. The molecule has 0 radical (unpaired) electrons. The van der Waals surface area contributed by atoms with E-state index in [1.807, 2.05) is 14.1 Å². The second-order valence-electron chi connectivity index (χ2n) is 7.20. The van der Waals surface area contributed by atoms with Gasteiger partial charge in [0.05, 0.1) is 6.04 Å². The molecule has 0 saturated carbocycles. The molecular weight excluding hydrogens is 354 g/mol. The minimum Gasteiger partial charge on any atom is -0.484 e. The van der Waals surface area contributed by atoms with Gasteiger partial charge in [-0.2, -0.15) is 0 Å². The zero-order valence-electron chi connectivity index (χ0n) is 17.2. The van der Waals surface area contributed by atoms with E-state index in [2.05, 4.69) is 41.4 Å². The number of benzene rings is 2. The van der Waals surface area contributed by atoms with Gasteiger partial charge >= 0.3 is 0 Å². The van der Waals surface area contributed by atoms with Crippen molar-refractivity contribution in [3.63, 3.8) is 0 Å². The van der Waals surface area contributed by atoms with E-state index in [4.69, 9.17) is 4.74 Å². The van der Waals surface area contributed by atoms with Crippen LogP contribution < -0.4 is 10.1 Å². The second kappa shape index (κ2) is 9.90. The second-order valence-corrected chi connectivity index (χ2v) is 7.20. The minimum absolute atomic E-state index is 0.0613. The lowest BCUT2D eigenvalue weighted by atomic mass is 10.0. The summed E-state index contributed by atoms with van der Waals surface area (Å²) in [5.41, 5.74) is 2.85. The van der Waals surface area contributed by atoms with Crippen LogP contribution in [-0.4, -0.2) is 63.0 Å². The van der Waals surface area contributed by atoms with E-state index in [-0.39, 0.29) is 24.5 Å². The third kappa shape index (κ3) is 6.09. The van der Waals surface area contributed by atoms with Crippen molar-refractivity contribution in [3.05, 3.63) is 65.2 Å². The minimum atomic E-state index is -0.177. The predicted molar refractivity (Wildman–Crippen MR) is 111 cm³/mol. The third-order valence-electron chi connectivity index (χ3n) is 4.50. The molecule has 0 aliphatic heterocycles. The fourth-order valence-corrected chi connectivity index (χ4v) is 2.68. The Labute approximate surface area is 167 Å². The van der Waals surface area contributed by atoms with Gasteiger partial charge in [-0.05, 0) is 44.8 Å². The van der Waals surface area contributed by atoms with Crippen LogP contribution in [0.3, 0.4) is 0 Å². The summed E-state index contributed by atoms with van der Waals surface area (Å²) in [6, 6.07) is 15.2. The van der Waals surface area contributed by atoms with Crippen molar-refractivity contribution < 1.29 is 14.3 Å². The van der Waals surface area contributed by atoms with Crippen LogP contribution in [0.25, 0.3) is 0 Å². The van der Waals surface area contributed by atoms with E-state index in [1.165, 1.54) is 10.5 Å². The maximum atomic E-state index is 12.6. The number of carbonyl (C=O) groups is 2. The van der Waals surface area contributed by atoms with Crippen molar-refractivity contribution in [2.24, 2.45) is 0 Å². The smallest absolute Gasteiger partial charge is 0.259 e. The number of ether oxygens (including phenoxy) is 1. The zero-order valence-corrected chi connectivity index (χ0v) is 17.2. The average molecular weight is 383 g/mol. The number of carbonyl (C=O) groups excluding carboxylic acids is 2. The first-order chi connectivity index (χ1) is 13.3. The molecule has 150 valence electrons. The van der Waals surface area contributed by atoms with Crippen LogP contribution in [0.5, 0.6) is 5.75 Å². The molecule has 0 aliphatic carbocycles. The largest absolute Gasteiger partial charge is 0.484 e. The highest BCUT2D eigenvalue weighted by molar-refractivity contribution is 5.94. The fraction of sp³-hybridized carbons (Fsp3) is 0.364. The molecule has 0 spiro atoms. The van der Waals surface area contributed by atoms with Crippen molar-refractivity contribution in [2.45, 2.75) is 13.0 Å². The van der Waals surface area contributed by atoms with E-state index >= 15 is 0 Å². The lowest BCUT2D eigenvalue weighted by Crippen LogP contribution is -2.34. The topological polar surface area (TPSA) is 61.9 Å². The molecule has 2 rings (SSSR count). The van der Waals surface area contributed by atoms with Crippen molar-refractivity contribution in [1.29, 1.82) is 0 Å². The van der Waals surface area contributed by atoms with Crippen molar-refractivity contribution in [2.75, 3.05) is 41.3 Å². The molecule has 28 heavy (non-hydrogen) atoms. The van der Waals surface area contributed by atoms with Gasteiger partial charge in [0.1, 0.15) is 5.75 Å². The SMILES string of the molecule is Cc1ccc(C(CNC(=O)c2cccc(OCC(=O)N(C)C)c2)N(C)C)cc1. The Bertz CT molecular complexity index is 801. The molecule has 0 bridgehead atoms. The first kappa shape index (κ1) is 21.4. The van der Waals surface area contributed by atoms with Gasteiger partial charge < -0.3 is 19.9 Å². The van der Waals surface area contributed by atoms with Gasteiger partial charge in [-0.15, -0.1) is 0 Å². The Morgan fingerprint density at radius 3 is 2.32 bits per heavy atom. The van der Waals surface area contributed by atoms with Gasteiger partial charge in [-0.25, -0.2) is 0 Å². The average Bonchev–Trinajstić information content (AvgIpc) is 2.67. The van der Waals surface area contributed by atoms with Gasteiger partial charge in [0.15, 0.2) is 6.61 Å². The molecule has 0 aromatic heterocycles. The number of hydrogen-bond donors (Lipinski definition) is 1. The Morgan fingerprint density at radius 1 is 1.04 bits per heavy atom. The molecule has 2 aromatic rings. The number of nitrogens with zero attached hydrogens (tertiary/aromatic N) is 2. The normalized spacial score (nSPS) is 11.8. The van der Waals surface area contributed by atoms with E-state index < -0.39 is 0 Å². The van der Waals surface area contributed by atoms with Crippen molar-refractivity contribution in [3.8, 4) is 5.75 Å². The third-order valence-corrected chi connectivity index (χ3v) is 4.50. The van der Waals surface area contributed by atoms with Crippen LogP contribution >= 0.6 is 0 Å². The molecule has 2 amide bonds. The van der Waals surface area contributed by atoms with Gasteiger partial charge in [0, 0.05) is 26.2 Å². The number of amides is 2. The monoisotopic (exact) mass is 383 g/mol. The number of likely N-dealkylation sites (N-methyl/N-ethyl adjacent to an activating group) is 2. The van der Waals surface area contributed by atoms with Crippen LogP contribution in [0, 0.1) is 6.92 Å². The van der Waals surface area contributed by atoms with Crippen LogP contribution in [0.15, 0.2) is 48.5 Å². The Hall–Kier alpha value is -2.86.